The topological polar surface area (TPSA) is 140 Å². The van der Waals surface area contributed by atoms with Crippen molar-refractivity contribution in [2.45, 2.75) is 45.1 Å². The number of aryl methyl sites for hydroxylation is 1. The van der Waals surface area contributed by atoms with Crippen molar-refractivity contribution in [3.8, 4) is 0 Å². The molecule has 0 aliphatic carbocycles. The number of guanidine groups is 1. The van der Waals surface area contributed by atoms with E-state index in [1.165, 1.54) is 6.20 Å². The molecule has 12 nitrogen and oxygen atoms in total. The fourth-order valence-electron chi connectivity index (χ4n) is 6.00. The molecule has 3 saturated heterocycles. The van der Waals surface area contributed by atoms with Gasteiger partial charge in [-0.05, 0) is 75.4 Å². The number of carbonyl (C=O) groups is 4. The van der Waals surface area contributed by atoms with Gasteiger partial charge in [0.05, 0.1) is 12.1 Å². The summed E-state index contributed by atoms with van der Waals surface area (Å²) in [5.74, 6) is 1.74. The Hall–Kier alpha value is -4.39. The molecule has 3 aliphatic rings. The zero-order chi connectivity index (χ0) is 32.0. The van der Waals surface area contributed by atoms with E-state index >= 15 is 0 Å². The monoisotopic (exact) mass is 645 g/mol. The van der Waals surface area contributed by atoms with Crippen LogP contribution in [0, 0.1) is 6.92 Å². The first kappa shape index (κ1) is 31.6. The zero-order valence-electron chi connectivity index (χ0n) is 26.0. The first-order valence-electron chi connectivity index (χ1n) is 15.9. The molecule has 2 N–H and O–H groups in total. The molecule has 0 radical (unpaired) electrons. The van der Waals surface area contributed by atoms with Crippen LogP contribution in [0.3, 0.4) is 0 Å². The highest BCUT2D eigenvalue weighted by Gasteiger charge is 2.31. The summed E-state index contributed by atoms with van der Waals surface area (Å²) in [6.45, 7) is 5.19. The predicted molar refractivity (Wildman–Crippen MR) is 177 cm³/mol. The third kappa shape index (κ3) is 7.52. The van der Waals surface area contributed by atoms with Crippen molar-refractivity contribution < 1.29 is 23.6 Å². The van der Waals surface area contributed by atoms with Gasteiger partial charge in [-0.2, -0.15) is 11.8 Å². The fraction of sp³-hybridized carbons (Fsp3) is 0.455. The number of amides is 4. The quantitative estimate of drug-likeness (QED) is 0.307. The van der Waals surface area contributed by atoms with Crippen LogP contribution in [0.5, 0.6) is 0 Å². The van der Waals surface area contributed by atoms with E-state index in [1.54, 1.807) is 21.9 Å². The highest BCUT2D eigenvalue weighted by atomic mass is 32.2. The molecule has 3 fully saturated rings. The number of furan rings is 1. The molecule has 2 aromatic heterocycles. The Kier molecular flexibility index (Phi) is 9.86. The largest absolute Gasteiger partial charge is 0.461 e. The molecule has 5 heterocycles. The second kappa shape index (κ2) is 14.4. The number of likely N-dealkylation sites (tertiary alicyclic amines) is 2. The average molecular weight is 646 g/mol. The lowest BCUT2D eigenvalue weighted by Gasteiger charge is -2.26. The number of fused-ring (bicyclic) bond motifs is 1. The van der Waals surface area contributed by atoms with Crippen LogP contribution in [0.25, 0.3) is 11.0 Å². The molecular weight excluding hydrogens is 606 g/mol. The Balaban J connectivity index is 1.22. The molecule has 0 spiro atoms. The van der Waals surface area contributed by atoms with E-state index in [9.17, 15) is 19.2 Å². The predicted octanol–water partition coefficient (Wildman–Crippen LogP) is 3.53. The molecule has 13 heteroatoms. The number of aromatic nitrogens is 1. The molecule has 1 unspecified atom stereocenters. The van der Waals surface area contributed by atoms with Crippen molar-refractivity contribution in [3.63, 3.8) is 0 Å². The highest BCUT2D eigenvalue weighted by molar-refractivity contribution is 7.99. The standard InChI is InChI=1S/C33H39N7O5S/c1-22-18-24-19-25(8-10-28(24)45-22)35-33(36-27-6-2-3-13-40(32(27)44)21-29(41)38-11-4-5-12-38)37-30(42)23-7-9-26(34-20-23)31(43)39-14-16-46-17-15-39/h7-10,18-20,27H,2-6,11-17,21H2,1H3,(H2,35,36,37,42). The second-order valence-electron chi connectivity index (χ2n) is 11.9. The number of hydrogen-bond acceptors (Lipinski definition) is 8. The molecule has 0 saturated carbocycles. The number of thioether (sulfide) groups is 1. The van der Waals surface area contributed by atoms with Crippen molar-refractivity contribution in [2.75, 3.05) is 56.1 Å². The molecule has 46 heavy (non-hydrogen) atoms. The highest BCUT2D eigenvalue weighted by Crippen LogP contribution is 2.23. The number of aliphatic imine (C=N–C) groups is 1. The van der Waals surface area contributed by atoms with Crippen LogP contribution in [0.2, 0.25) is 0 Å². The van der Waals surface area contributed by atoms with Crippen molar-refractivity contribution in [1.82, 2.24) is 25.0 Å². The van der Waals surface area contributed by atoms with Crippen LogP contribution in [0.4, 0.5) is 5.69 Å². The van der Waals surface area contributed by atoms with Crippen LogP contribution in [-0.4, -0.2) is 106 Å². The van der Waals surface area contributed by atoms with Gasteiger partial charge >= 0.3 is 0 Å². The van der Waals surface area contributed by atoms with Gasteiger partial charge in [0.25, 0.3) is 11.8 Å². The summed E-state index contributed by atoms with van der Waals surface area (Å²) in [7, 11) is 0. The van der Waals surface area contributed by atoms with Gasteiger partial charge in [-0.3, -0.25) is 29.5 Å². The van der Waals surface area contributed by atoms with E-state index in [4.69, 9.17) is 9.41 Å². The molecule has 4 amide bonds. The summed E-state index contributed by atoms with van der Waals surface area (Å²) in [5.41, 5.74) is 1.90. The van der Waals surface area contributed by atoms with Crippen LogP contribution >= 0.6 is 11.8 Å². The Bertz CT molecular complexity index is 1630. The molecule has 6 rings (SSSR count). The third-order valence-corrected chi connectivity index (χ3v) is 9.44. The number of pyridine rings is 1. The van der Waals surface area contributed by atoms with E-state index in [2.05, 4.69) is 15.6 Å². The van der Waals surface area contributed by atoms with E-state index in [0.29, 0.717) is 31.7 Å². The number of hydrogen-bond donors (Lipinski definition) is 2. The smallest absolute Gasteiger partial charge is 0.272 e. The van der Waals surface area contributed by atoms with Crippen molar-refractivity contribution in [2.24, 2.45) is 4.99 Å². The number of carbonyl (C=O) groups excluding carboxylic acids is 4. The number of anilines is 1. The number of nitrogens with zero attached hydrogens (tertiary/aromatic N) is 5. The third-order valence-electron chi connectivity index (χ3n) is 8.50. The summed E-state index contributed by atoms with van der Waals surface area (Å²) in [5, 5.41) is 6.89. The summed E-state index contributed by atoms with van der Waals surface area (Å²) < 4.78 is 5.70. The van der Waals surface area contributed by atoms with Gasteiger partial charge in [-0.25, -0.2) is 4.99 Å². The van der Waals surface area contributed by atoms with Gasteiger partial charge in [-0.1, -0.05) is 0 Å². The fourth-order valence-corrected chi connectivity index (χ4v) is 6.90. The van der Waals surface area contributed by atoms with Crippen LogP contribution < -0.4 is 10.6 Å². The maximum absolute atomic E-state index is 13.7. The zero-order valence-corrected chi connectivity index (χ0v) is 26.8. The van der Waals surface area contributed by atoms with Crippen LogP contribution in [-0.2, 0) is 9.59 Å². The van der Waals surface area contributed by atoms with Gasteiger partial charge in [0.15, 0.2) is 0 Å². The Morgan fingerprint density at radius 2 is 1.76 bits per heavy atom. The van der Waals surface area contributed by atoms with Crippen molar-refractivity contribution in [1.29, 1.82) is 0 Å². The summed E-state index contributed by atoms with van der Waals surface area (Å²) >= 11 is 1.82. The SMILES string of the molecule is Cc1cc2cc(NC(=NC3CCCCN(CC(=O)N4CCCC4)C3=O)NC(=O)c3ccc(C(=O)N4CCSCC4)nc3)ccc2o1. The van der Waals surface area contributed by atoms with Crippen LogP contribution in [0.1, 0.15) is 58.7 Å². The van der Waals surface area contributed by atoms with Gasteiger partial charge < -0.3 is 24.4 Å². The minimum Gasteiger partial charge on any atom is -0.461 e. The molecule has 3 aromatic rings. The lowest BCUT2D eigenvalue weighted by Crippen LogP contribution is -2.45. The molecule has 3 aliphatic heterocycles. The van der Waals surface area contributed by atoms with Gasteiger partial charge in [0.1, 0.15) is 23.1 Å². The van der Waals surface area contributed by atoms with E-state index < -0.39 is 11.9 Å². The maximum Gasteiger partial charge on any atom is 0.272 e. The molecule has 1 aromatic carbocycles. The van der Waals surface area contributed by atoms with Gasteiger partial charge in [0.2, 0.25) is 17.8 Å². The first-order chi connectivity index (χ1) is 22.3. The number of nitrogens with one attached hydrogen (secondary N) is 2. The lowest BCUT2D eigenvalue weighted by molar-refractivity contribution is -0.140. The summed E-state index contributed by atoms with van der Waals surface area (Å²) in [4.78, 5) is 67.1. The Morgan fingerprint density at radius 3 is 2.52 bits per heavy atom. The minimum absolute atomic E-state index is 0.0312. The van der Waals surface area contributed by atoms with E-state index in [0.717, 1.165) is 67.0 Å². The number of rotatable bonds is 6. The number of benzene rings is 1. The summed E-state index contributed by atoms with van der Waals surface area (Å²) in [6.07, 6.45) is 5.35. The normalized spacial score (nSPS) is 19.3. The van der Waals surface area contributed by atoms with E-state index in [-0.39, 0.29) is 41.5 Å². The Morgan fingerprint density at radius 1 is 0.978 bits per heavy atom. The Labute approximate surface area is 272 Å². The van der Waals surface area contributed by atoms with Gasteiger partial charge in [0, 0.05) is 61.5 Å². The minimum atomic E-state index is -0.780. The molecule has 1 atom stereocenters. The molecule has 0 bridgehead atoms. The maximum atomic E-state index is 13.7. The molecular formula is C33H39N7O5S. The second-order valence-corrected chi connectivity index (χ2v) is 13.1. The van der Waals surface area contributed by atoms with Gasteiger partial charge in [-0.15, -0.1) is 0 Å². The lowest BCUT2D eigenvalue weighted by atomic mass is 10.1. The average Bonchev–Trinajstić information content (AvgIpc) is 3.71. The van der Waals surface area contributed by atoms with Crippen molar-refractivity contribution >= 4 is 58.0 Å². The first-order valence-corrected chi connectivity index (χ1v) is 17.1. The molecule has 242 valence electrons. The van der Waals surface area contributed by atoms with E-state index in [1.807, 2.05) is 47.9 Å². The van der Waals surface area contributed by atoms with Crippen LogP contribution in [0.15, 0.2) is 52.0 Å². The summed E-state index contributed by atoms with van der Waals surface area (Å²) in [6, 6.07) is 9.77. The van der Waals surface area contributed by atoms with Crippen molar-refractivity contribution in [3.05, 3.63) is 59.6 Å².